The molecule has 106 valence electrons. The molecule has 1 aromatic carbocycles. The van der Waals surface area contributed by atoms with Gasteiger partial charge in [0.05, 0.1) is 21.9 Å². The highest BCUT2D eigenvalue weighted by molar-refractivity contribution is 7.92. The molecular formula is C12H9Cl3N2O2S. The monoisotopic (exact) mass is 350 g/mol. The van der Waals surface area contributed by atoms with Gasteiger partial charge in [-0.15, -0.1) is 0 Å². The van der Waals surface area contributed by atoms with Crippen LogP contribution in [0.5, 0.6) is 0 Å². The first kappa shape index (κ1) is 15.4. The van der Waals surface area contributed by atoms with Crippen LogP contribution in [-0.2, 0) is 10.0 Å². The summed E-state index contributed by atoms with van der Waals surface area (Å²) in [5.74, 6) is 0. The fraction of sp³-hybridized carbons (Fsp3) is 0.0833. The average Bonchev–Trinajstić information content (AvgIpc) is 2.36. The van der Waals surface area contributed by atoms with Gasteiger partial charge >= 0.3 is 0 Å². The number of pyridine rings is 1. The summed E-state index contributed by atoms with van der Waals surface area (Å²) in [5, 5.41) is 0.453. The minimum atomic E-state index is -3.85. The molecule has 0 saturated carbocycles. The predicted molar refractivity (Wildman–Crippen MR) is 81.3 cm³/mol. The van der Waals surface area contributed by atoms with Gasteiger partial charge in [0.1, 0.15) is 10.0 Å². The number of hydrogen-bond acceptors (Lipinski definition) is 3. The molecule has 0 aliphatic carbocycles. The van der Waals surface area contributed by atoms with Crippen LogP contribution in [0.15, 0.2) is 35.4 Å². The summed E-state index contributed by atoms with van der Waals surface area (Å²) < 4.78 is 26.9. The molecule has 20 heavy (non-hydrogen) atoms. The second kappa shape index (κ2) is 5.77. The summed E-state index contributed by atoms with van der Waals surface area (Å²) in [6.07, 6.45) is 1.32. The Morgan fingerprint density at radius 2 is 1.90 bits per heavy atom. The lowest BCUT2D eigenvalue weighted by molar-refractivity contribution is 0.601. The maximum Gasteiger partial charge on any atom is 0.263 e. The number of aromatic nitrogens is 1. The van der Waals surface area contributed by atoms with Gasteiger partial charge in [0.25, 0.3) is 10.0 Å². The summed E-state index contributed by atoms with van der Waals surface area (Å²) in [7, 11) is -3.85. The van der Waals surface area contributed by atoms with Gasteiger partial charge in [-0.05, 0) is 30.7 Å². The third kappa shape index (κ3) is 3.17. The second-order valence-electron chi connectivity index (χ2n) is 3.99. The van der Waals surface area contributed by atoms with Gasteiger partial charge in [-0.2, -0.15) is 0 Å². The zero-order valence-electron chi connectivity index (χ0n) is 10.2. The van der Waals surface area contributed by atoms with E-state index in [9.17, 15) is 8.42 Å². The molecule has 2 aromatic rings. The average molecular weight is 352 g/mol. The maximum atomic E-state index is 12.3. The van der Waals surface area contributed by atoms with Gasteiger partial charge in [0.2, 0.25) is 0 Å². The van der Waals surface area contributed by atoms with Crippen LogP contribution in [0, 0.1) is 6.92 Å². The van der Waals surface area contributed by atoms with Crippen LogP contribution in [-0.4, -0.2) is 13.4 Å². The molecular weight excluding hydrogens is 343 g/mol. The summed E-state index contributed by atoms with van der Waals surface area (Å²) in [6.45, 7) is 1.72. The van der Waals surface area contributed by atoms with Gasteiger partial charge < -0.3 is 0 Å². The molecule has 0 saturated heterocycles. The normalized spacial score (nSPS) is 11.4. The Hall–Kier alpha value is -1.01. The van der Waals surface area contributed by atoms with Crippen molar-refractivity contribution in [3.8, 4) is 0 Å². The molecule has 0 spiro atoms. The summed E-state index contributed by atoms with van der Waals surface area (Å²) in [4.78, 5) is 3.78. The Morgan fingerprint density at radius 3 is 2.55 bits per heavy atom. The van der Waals surface area contributed by atoms with Crippen molar-refractivity contribution in [2.45, 2.75) is 11.8 Å². The third-order valence-electron chi connectivity index (χ3n) is 2.47. The summed E-state index contributed by atoms with van der Waals surface area (Å²) in [6, 6.07) is 5.96. The van der Waals surface area contributed by atoms with E-state index in [-0.39, 0.29) is 14.9 Å². The fourth-order valence-corrected chi connectivity index (χ4v) is 3.42. The lowest BCUT2D eigenvalue weighted by Gasteiger charge is -2.10. The van der Waals surface area contributed by atoms with E-state index >= 15 is 0 Å². The van der Waals surface area contributed by atoms with Gasteiger partial charge in [-0.3, -0.25) is 4.72 Å². The van der Waals surface area contributed by atoms with E-state index in [1.165, 1.54) is 24.4 Å². The Balaban J connectivity index is 2.41. The first-order valence-corrected chi connectivity index (χ1v) is 8.02. The van der Waals surface area contributed by atoms with Gasteiger partial charge in [-0.25, -0.2) is 13.4 Å². The molecule has 0 fully saturated rings. The number of aryl methyl sites for hydroxylation is 1. The first-order chi connectivity index (χ1) is 9.31. The SMILES string of the molecule is Cc1cc(NS(=O)(=O)c2cccc(Cl)c2Cl)cnc1Cl. The van der Waals surface area contributed by atoms with E-state index in [0.717, 1.165) is 0 Å². The van der Waals surface area contributed by atoms with Crippen LogP contribution in [0.3, 0.4) is 0 Å². The van der Waals surface area contributed by atoms with Crippen molar-refractivity contribution >= 4 is 50.5 Å². The fourth-order valence-electron chi connectivity index (χ4n) is 1.52. The minimum absolute atomic E-state index is 0.0275. The van der Waals surface area contributed by atoms with Crippen molar-refractivity contribution in [3.63, 3.8) is 0 Å². The minimum Gasteiger partial charge on any atom is -0.278 e. The highest BCUT2D eigenvalue weighted by Gasteiger charge is 2.19. The maximum absolute atomic E-state index is 12.3. The zero-order chi connectivity index (χ0) is 14.9. The van der Waals surface area contributed by atoms with Gasteiger partial charge in [0, 0.05) is 0 Å². The van der Waals surface area contributed by atoms with Gasteiger partial charge in [0.15, 0.2) is 0 Å². The lowest BCUT2D eigenvalue weighted by atomic mass is 10.3. The van der Waals surface area contributed by atoms with E-state index < -0.39 is 10.0 Å². The Kier molecular flexibility index (Phi) is 4.44. The van der Waals surface area contributed by atoms with E-state index in [0.29, 0.717) is 16.4 Å². The molecule has 0 aliphatic heterocycles. The van der Waals surface area contributed by atoms with Crippen LogP contribution in [0.2, 0.25) is 15.2 Å². The highest BCUT2D eigenvalue weighted by atomic mass is 35.5. The number of nitrogens with zero attached hydrogens (tertiary/aromatic N) is 1. The molecule has 8 heteroatoms. The number of nitrogens with one attached hydrogen (secondary N) is 1. The summed E-state index contributed by atoms with van der Waals surface area (Å²) >= 11 is 17.5. The van der Waals surface area contributed by atoms with Crippen LogP contribution in [0.4, 0.5) is 5.69 Å². The predicted octanol–water partition coefficient (Wildman–Crippen LogP) is 4.15. The molecule has 0 radical (unpaired) electrons. The highest BCUT2D eigenvalue weighted by Crippen LogP contribution is 2.30. The zero-order valence-corrected chi connectivity index (χ0v) is 13.3. The number of rotatable bonds is 3. The molecule has 2 rings (SSSR count). The van der Waals surface area contributed by atoms with E-state index in [1.54, 1.807) is 13.0 Å². The van der Waals surface area contributed by atoms with Crippen LogP contribution in [0.1, 0.15) is 5.56 Å². The van der Waals surface area contributed by atoms with Crippen LogP contribution < -0.4 is 4.72 Å². The van der Waals surface area contributed by atoms with E-state index in [2.05, 4.69) is 9.71 Å². The van der Waals surface area contributed by atoms with Crippen molar-refractivity contribution in [2.75, 3.05) is 4.72 Å². The Morgan fingerprint density at radius 1 is 1.20 bits per heavy atom. The Bertz CT molecular complexity index is 763. The topological polar surface area (TPSA) is 59.1 Å². The Labute approximate surface area is 131 Å². The third-order valence-corrected chi connectivity index (χ3v) is 5.22. The number of halogens is 3. The van der Waals surface area contributed by atoms with Crippen LogP contribution in [0.25, 0.3) is 0 Å². The second-order valence-corrected chi connectivity index (χ2v) is 6.78. The van der Waals surface area contributed by atoms with Crippen molar-refractivity contribution in [2.24, 2.45) is 0 Å². The smallest absolute Gasteiger partial charge is 0.263 e. The number of sulfonamides is 1. The largest absolute Gasteiger partial charge is 0.278 e. The lowest BCUT2D eigenvalue weighted by Crippen LogP contribution is -2.14. The first-order valence-electron chi connectivity index (χ1n) is 5.40. The van der Waals surface area contributed by atoms with Crippen molar-refractivity contribution in [1.29, 1.82) is 0 Å². The van der Waals surface area contributed by atoms with Crippen molar-refractivity contribution in [1.82, 2.24) is 4.98 Å². The van der Waals surface area contributed by atoms with E-state index in [1.807, 2.05) is 0 Å². The molecule has 1 heterocycles. The quantitative estimate of drug-likeness (QED) is 0.845. The molecule has 1 N–H and O–H groups in total. The molecule has 0 bridgehead atoms. The number of benzene rings is 1. The number of anilines is 1. The summed E-state index contributed by atoms with van der Waals surface area (Å²) in [5.41, 5.74) is 0.951. The molecule has 1 aromatic heterocycles. The standard InChI is InChI=1S/C12H9Cl3N2O2S/c1-7-5-8(6-16-12(7)15)17-20(18,19)10-4-2-3-9(13)11(10)14/h2-6,17H,1H3. The van der Waals surface area contributed by atoms with Crippen molar-refractivity contribution < 1.29 is 8.42 Å². The van der Waals surface area contributed by atoms with Crippen LogP contribution >= 0.6 is 34.8 Å². The van der Waals surface area contributed by atoms with E-state index in [4.69, 9.17) is 34.8 Å². The van der Waals surface area contributed by atoms with Crippen molar-refractivity contribution in [3.05, 3.63) is 51.2 Å². The molecule has 4 nitrogen and oxygen atoms in total. The number of hydrogen-bond donors (Lipinski definition) is 1. The van der Waals surface area contributed by atoms with Gasteiger partial charge in [-0.1, -0.05) is 40.9 Å². The molecule has 0 unspecified atom stereocenters. The molecule has 0 amide bonds. The molecule has 0 aliphatic rings. The molecule has 0 atom stereocenters.